The maximum atomic E-state index is 13.2. The third-order valence-corrected chi connectivity index (χ3v) is 7.27. The molecule has 0 radical (unpaired) electrons. The lowest BCUT2D eigenvalue weighted by atomic mass is 10.1. The standard InChI is InChI=1S/C25H27FN2O3S2/c1-19-17-20(18-32-23-7-4-3-5-8-23)10-15-24(19)27-25(29)9-6-16-28(33(2,30)31)22-13-11-21(26)12-14-22/h3-5,7-8,10-15,17H,6,9,16,18H2,1-2H3,(H,27,29). The van der Waals surface area contributed by atoms with Crippen molar-refractivity contribution in [3.63, 3.8) is 0 Å². The summed E-state index contributed by atoms with van der Waals surface area (Å²) in [6.07, 6.45) is 1.59. The highest BCUT2D eigenvalue weighted by molar-refractivity contribution is 7.98. The minimum Gasteiger partial charge on any atom is -0.326 e. The molecule has 0 atom stereocenters. The number of carbonyl (C=O) groups excluding carboxylic acids is 1. The molecule has 174 valence electrons. The minimum absolute atomic E-state index is 0.131. The summed E-state index contributed by atoms with van der Waals surface area (Å²) in [6, 6.07) is 21.4. The zero-order chi connectivity index (χ0) is 23.8. The highest BCUT2D eigenvalue weighted by atomic mass is 32.2. The van der Waals surface area contributed by atoms with Crippen LogP contribution in [0.2, 0.25) is 0 Å². The van der Waals surface area contributed by atoms with Crippen molar-refractivity contribution in [3.8, 4) is 0 Å². The quantitative estimate of drug-likeness (QED) is 0.378. The lowest BCUT2D eigenvalue weighted by Crippen LogP contribution is -2.31. The van der Waals surface area contributed by atoms with Gasteiger partial charge < -0.3 is 5.32 Å². The highest BCUT2D eigenvalue weighted by Crippen LogP contribution is 2.25. The number of nitrogens with zero attached hydrogens (tertiary/aromatic N) is 1. The van der Waals surface area contributed by atoms with Crippen molar-refractivity contribution in [2.75, 3.05) is 22.4 Å². The van der Waals surface area contributed by atoms with Crippen LogP contribution in [-0.4, -0.2) is 27.1 Å². The summed E-state index contributed by atoms with van der Waals surface area (Å²) < 4.78 is 38.6. The van der Waals surface area contributed by atoms with Crippen LogP contribution in [0.5, 0.6) is 0 Å². The molecule has 0 saturated heterocycles. The first kappa shape index (κ1) is 24.8. The van der Waals surface area contributed by atoms with E-state index in [4.69, 9.17) is 0 Å². The molecule has 0 heterocycles. The average molecular weight is 487 g/mol. The smallest absolute Gasteiger partial charge is 0.232 e. The SMILES string of the molecule is Cc1cc(CSc2ccccc2)ccc1NC(=O)CCCN(c1ccc(F)cc1)S(C)(=O)=O. The maximum Gasteiger partial charge on any atom is 0.232 e. The first-order chi connectivity index (χ1) is 15.7. The fraction of sp³-hybridized carbons (Fsp3) is 0.240. The Labute approximate surface area is 199 Å². The second kappa shape index (κ2) is 11.3. The Kier molecular flexibility index (Phi) is 8.52. The number of anilines is 2. The molecular weight excluding hydrogens is 459 g/mol. The largest absolute Gasteiger partial charge is 0.326 e. The predicted molar refractivity (Wildman–Crippen MR) is 134 cm³/mol. The van der Waals surface area contributed by atoms with Crippen LogP contribution in [0.25, 0.3) is 0 Å². The van der Waals surface area contributed by atoms with Crippen LogP contribution in [0.1, 0.15) is 24.0 Å². The zero-order valence-corrected chi connectivity index (χ0v) is 20.3. The highest BCUT2D eigenvalue weighted by Gasteiger charge is 2.18. The number of thioether (sulfide) groups is 1. The number of aryl methyl sites for hydroxylation is 1. The van der Waals surface area contributed by atoms with Crippen LogP contribution in [-0.2, 0) is 20.6 Å². The van der Waals surface area contributed by atoms with Crippen LogP contribution in [0.15, 0.2) is 77.7 Å². The van der Waals surface area contributed by atoms with Crippen LogP contribution >= 0.6 is 11.8 Å². The normalized spacial score (nSPS) is 11.2. The van der Waals surface area contributed by atoms with Gasteiger partial charge in [0.15, 0.2) is 0 Å². The molecule has 0 aliphatic rings. The molecule has 0 bridgehead atoms. The summed E-state index contributed by atoms with van der Waals surface area (Å²) in [6.45, 7) is 2.08. The third kappa shape index (κ3) is 7.61. The van der Waals surface area contributed by atoms with Gasteiger partial charge in [-0.2, -0.15) is 0 Å². The Morgan fingerprint density at radius 3 is 2.36 bits per heavy atom. The Morgan fingerprint density at radius 1 is 1.03 bits per heavy atom. The van der Waals surface area contributed by atoms with Crippen molar-refractivity contribution in [1.29, 1.82) is 0 Å². The summed E-state index contributed by atoms with van der Waals surface area (Å²) >= 11 is 1.75. The van der Waals surface area contributed by atoms with Gasteiger partial charge in [0.25, 0.3) is 0 Å². The molecule has 3 rings (SSSR count). The van der Waals surface area contributed by atoms with Crippen molar-refractivity contribution in [3.05, 3.63) is 89.7 Å². The van der Waals surface area contributed by atoms with Crippen LogP contribution in [0.4, 0.5) is 15.8 Å². The van der Waals surface area contributed by atoms with E-state index in [2.05, 4.69) is 23.5 Å². The first-order valence-electron chi connectivity index (χ1n) is 10.5. The van der Waals surface area contributed by atoms with Crippen LogP contribution in [0.3, 0.4) is 0 Å². The lowest BCUT2D eigenvalue weighted by molar-refractivity contribution is -0.116. The van der Waals surface area contributed by atoms with Gasteiger partial charge >= 0.3 is 0 Å². The second-order valence-corrected chi connectivity index (χ2v) is 10.7. The van der Waals surface area contributed by atoms with Crippen molar-refractivity contribution in [1.82, 2.24) is 0 Å². The maximum absolute atomic E-state index is 13.2. The summed E-state index contributed by atoms with van der Waals surface area (Å²) in [7, 11) is -3.55. The Morgan fingerprint density at radius 2 is 1.73 bits per heavy atom. The molecule has 0 aliphatic carbocycles. The molecule has 3 aromatic carbocycles. The van der Waals surface area contributed by atoms with E-state index in [1.165, 1.54) is 39.0 Å². The van der Waals surface area contributed by atoms with Gasteiger partial charge in [0, 0.05) is 29.3 Å². The lowest BCUT2D eigenvalue weighted by Gasteiger charge is -2.22. The number of halogens is 1. The van der Waals surface area contributed by atoms with Crippen LogP contribution in [0, 0.1) is 12.7 Å². The Bertz CT molecular complexity index is 1180. The van der Waals surface area contributed by atoms with Gasteiger partial charge in [-0.05, 0) is 66.9 Å². The zero-order valence-electron chi connectivity index (χ0n) is 18.6. The van der Waals surface area contributed by atoms with E-state index in [9.17, 15) is 17.6 Å². The molecule has 5 nitrogen and oxygen atoms in total. The molecule has 1 amide bonds. The van der Waals surface area contributed by atoms with Crippen LogP contribution < -0.4 is 9.62 Å². The third-order valence-electron chi connectivity index (χ3n) is 4.99. The molecule has 33 heavy (non-hydrogen) atoms. The molecular formula is C25H27FN2O3S2. The van der Waals surface area contributed by atoms with E-state index < -0.39 is 15.8 Å². The summed E-state index contributed by atoms with van der Waals surface area (Å²) in [5.74, 6) is 0.216. The topological polar surface area (TPSA) is 66.5 Å². The Hall–Kier alpha value is -2.84. The number of benzene rings is 3. The first-order valence-corrected chi connectivity index (χ1v) is 13.4. The Balaban J connectivity index is 1.52. The molecule has 8 heteroatoms. The fourth-order valence-electron chi connectivity index (χ4n) is 3.33. The second-order valence-electron chi connectivity index (χ2n) is 7.71. The molecule has 0 spiro atoms. The van der Waals surface area contributed by atoms with Gasteiger partial charge in [-0.1, -0.05) is 30.3 Å². The number of hydrogen-bond acceptors (Lipinski definition) is 4. The number of carbonyl (C=O) groups is 1. The van der Waals surface area contributed by atoms with Crippen molar-refractivity contribution < 1.29 is 17.6 Å². The van der Waals surface area contributed by atoms with E-state index in [1.807, 2.05) is 37.3 Å². The number of hydrogen-bond donors (Lipinski definition) is 1. The monoisotopic (exact) mass is 486 g/mol. The van der Waals surface area contributed by atoms with Crippen molar-refractivity contribution >= 4 is 39.1 Å². The van der Waals surface area contributed by atoms with Gasteiger partial charge in [0.1, 0.15) is 5.82 Å². The molecule has 0 aliphatic heterocycles. The number of sulfonamides is 1. The van der Waals surface area contributed by atoms with E-state index in [-0.39, 0.29) is 18.9 Å². The molecule has 0 aromatic heterocycles. The van der Waals surface area contributed by atoms with E-state index in [0.717, 1.165) is 23.3 Å². The summed E-state index contributed by atoms with van der Waals surface area (Å²) in [5, 5.41) is 2.91. The molecule has 0 unspecified atom stereocenters. The number of nitrogens with one attached hydrogen (secondary N) is 1. The summed E-state index contributed by atoms with van der Waals surface area (Å²) in [5.41, 5.74) is 3.26. The van der Waals surface area contributed by atoms with Gasteiger partial charge in [-0.15, -0.1) is 11.8 Å². The fourth-order valence-corrected chi connectivity index (χ4v) is 5.16. The van der Waals surface area contributed by atoms with Gasteiger partial charge in [-0.25, -0.2) is 12.8 Å². The van der Waals surface area contributed by atoms with Crippen molar-refractivity contribution in [2.24, 2.45) is 0 Å². The number of amides is 1. The minimum atomic E-state index is -3.55. The van der Waals surface area contributed by atoms with Crippen molar-refractivity contribution in [2.45, 2.75) is 30.4 Å². The number of rotatable bonds is 10. The molecule has 0 fully saturated rings. The predicted octanol–water partition coefficient (Wildman–Crippen LogP) is 5.61. The van der Waals surface area contributed by atoms with E-state index >= 15 is 0 Å². The molecule has 3 aromatic rings. The molecule has 1 N–H and O–H groups in total. The van der Waals surface area contributed by atoms with Gasteiger partial charge in [-0.3, -0.25) is 9.10 Å². The van der Waals surface area contributed by atoms with E-state index in [1.54, 1.807) is 11.8 Å². The average Bonchev–Trinajstić information content (AvgIpc) is 2.78. The molecule has 0 saturated carbocycles. The van der Waals surface area contributed by atoms with Gasteiger partial charge in [0.05, 0.1) is 11.9 Å². The van der Waals surface area contributed by atoms with E-state index in [0.29, 0.717) is 12.1 Å². The van der Waals surface area contributed by atoms with Gasteiger partial charge in [0.2, 0.25) is 15.9 Å². The summed E-state index contributed by atoms with van der Waals surface area (Å²) in [4.78, 5) is 13.6.